The molecular formula is C13H8ClN3O. The molecule has 0 atom stereocenters. The zero-order chi connectivity index (χ0) is 12.5. The molecule has 0 saturated heterocycles. The van der Waals surface area contributed by atoms with Crippen LogP contribution in [0.25, 0.3) is 17.0 Å². The van der Waals surface area contributed by atoms with Gasteiger partial charge in [-0.3, -0.25) is 4.79 Å². The highest BCUT2D eigenvalue weighted by Gasteiger charge is 2.07. The molecule has 0 spiro atoms. The predicted molar refractivity (Wildman–Crippen MR) is 68.8 cm³/mol. The van der Waals surface area contributed by atoms with Crippen LogP contribution in [0, 0.1) is 0 Å². The summed E-state index contributed by atoms with van der Waals surface area (Å²) in [5.41, 5.74) is 2.06. The molecule has 0 amide bonds. The van der Waals surface area contributed by atoms with Crippen LogP contribution >= 0.6 is 11.6 Å². The zero-order valence-electron chi connectivity index (χ0n) is 9.25. The van der Waals surface area contributed by atoms with Crippen molar-refractivity contribution in [2.45, 2.75) is 0 Å². The van der Waals surface area contributed by atoms with E-state index in [4.69, 9.17) is 11.6 Å². The maximum absolute atomic E-state index is 10.7. The lowest BCUT2D eigenvalue weighted by atomic mass is 10.2. The van der Waals surface area contributed by atoms with Crippen molar-refractivity contribution in [2.24, 2.45) is 0 Å². The first kappa shape index (κ1) is 10.9. The fourth-order valence-electron chi connectivity index (χ4n) is 1.72. The minimum atomic E-state index is 0.576. The summed E-state index contributed by atoms with van der Waals surface area (Å²) in [5.74, 6) is 0.584. The van der Waals surface area contributed by atoms with Crippen LogP contribution in [0.5, 0.6) is 0 Å². The molecule has 0 N–H and O–H groups in total. The van der Waals surface area contributed by atoms with Crippen molar-refractivity contribution < 1.29 is 4.79 Å². The van der Waals surface area contributed by atoms with E-state index in [1.165, 1.54) is 0 Å². The van der Waals surface area contributed by atoms with Gasteiger partial charge in [-0.15, -0.1) is 5.10 Å². The van der Waals surface area contributed by atoms with Gasteiger partial charge in [-0.1, -0.05) is 23.7 Å². The normalized spacial score (nSPS) is 10.7. The molecule has 0 radical (unpaired) electrons. The molecule has 88 valence electrons. The summed E-state index contributed by atoms with van der Waals surface area (Å²) in [6, 6.07) is 10.7. The van der Waals surface area contributed by atoms with Gasteiger partial charge in [0.25, 0.3) is 0 Å². The van der Waals surface area contributed by atoms with Gasteiger partial charge in [0, 0.05) is 22.3 Å². The first-order valence-corrected chi connectivity index (χ1v) is 5.71. The molecule has 0 saturated carbocycles. The molecule has 2 heterocycles. The van der Waals surface area contributed by atoms with Gasteiger partial charge in [0.05, 0.1) is 0 Å². The molecule has 0 fully saturated rings. The van der Waals surface area contributed by atoms with Crippen molar-refractivity contribution in [3.05, 3.63) is 53.2 Å². The van der Waals surface area contributed by atoms with Gasteiger partial charge >= 0.3 is 0 Å². The minimum absolute atomic E-state index is 0.576. The third-order valence-corrected chi connectivity index (χ3v) is 2.82. The van der Waals surface area contributed by atoms with Gasteiger partial charge in [0.1, 0.15) is 6.29 Å². The lowest BCUT2D eigenvalue weighted by Crippen LogP contribution is -1.88. The molecule has 0 bridgehead atoms. The van der Waals surface area contributed by atoms with Crippen LogP contribution in [0.3, 0.4) is 0 Å². The van der Waals surface area contributed by atoms with Crippen molar-refractivity contribution in [1.29, 1.82) is 0 Å². The van der Waals surface area contributed by atoms with Gasteiger partial charge in [-0.25, -0.2) is 9.50 Å². The molecule has 0 aliphatic heterocycles. The van der Waals surface area contributed by atoms with Crippen molar-refractivity contribution >= 4 is 23.5 Å². The summed E-state index contributed by atoms with van der Waals surface area (Å²) < 4.78 is 1.63. The van der Waals surface area contributed by atoms with Crippen molar-refractivity contribution in [2.75, 3.05) is 0 Å². The number of hydrogen-bond donors (Lipinski definition) is 0. The van der Waals surface area contributed by atoms with Gasteiger partial charge in [-0.05, 0) is 24.3 Å². The largest absolute Gasteiger partial charge is 0.298 e. The minimum Gasteiger partial charge on any atom is -0.298 e. The Hall–Kier alpha value is -2.20. The fourth-order valence-corrected chi connectivity index (χ4v) is 1.91. The Kier molecular flexibility index (Phi) is 2.57. The quantitative estimate of drug-likeness (QED) is 0.663. The number of aldehydes is 1. The molecule has 3 aromatic rings. The molecule has 4 nitrogen and oxygen atoms in total. The first-order valence-electron chi connectivity index (χ1n) is 5.34. The highest BCUT2D eigenvalue weighted by Crippen LogP contribution is 2.20. The molecule has 18 heavy (non-hydrogen) atoms. The van der Waals surface area contributed by atoms with Gasteiger partial charge in [0.2, 0.25) is 0 Å². The summed E-state index contributed by atoms with van der Waals surface area (Å²) in [4.78, 5) is 15.1. The van der Waals surface area contributed by atoms with Crippen molar-refractivity contribution in [3.8, 4) is 11.4 Å². The smallest absolute Gasteiger partial charge is 0.182 e. The molecule has 0 unspecified atom stereocenters. The Labute approximate surface area is 108 Å². The molecule has 0 aliphatic carbocycles. The van der Waals surface area contributed by atoms with Crippen LogP contribution in [-0.2, 0) is 0 Å². The fraction of sp³-hybridized carbons (Fsp3) is 0. The zero-order valence-corrected chi connectivity index (χ0v) is 10.0. The van der Waals surface area contributed by atoms with Crippen molar-refractivity contribution in [3.63, 3.8) is 0 Å². The van der Waals surface area contributed by atoms with Crippen LogP contribution in [0.4, 0.5) is 0 Å². The standard InChI is InChI=1S/C13H8ClN3O/c14-11-3-1-2-10(7-11)13-15-12-6-9(8-18)4-5-17(12)16-13/h1-8H. The van der Waals surface area contributed by atoms with Crippen LogP contribution in [0.2, 0.25) is 5.02 Å². The SMILES string of the molecule is O=Cc1ccn2nc(-c3cccc(Cl)c3)nc2c1. The number of carbonyl (C=O) groups is 1. The third kappa shape index (κ3) is 1.87. The second kappa shape index (κ2) is 4.23. The molecule has 5 heteroatoms. The van der Waals surface area contributed by atoms with E-state index in [1.807, 2.05) is 12.1 Å². The van der Waals surface area contributed by atoms with E-state index in [-0.39, 0.29) is 0 Å². The number of aromatic nitrogens is 3. The Morgan fingerprint density at radius 1 is 1.22 bits per heavy atom. The molecule has 3 rings (SSSR count). The highest BCUT2D eigenvalue weighted by molar-refractivity contribution is 6.30. The van der Waals surface area contributed by atoms with E-state index in [9.17, 15) is 4.79 Å². The Morgan fingerprint density at radius 3 is 2.89 bits per heavy atom. The summed E-state index contributed by atoms with van der Waals surface area (Å²) in [5, 5.41) is 4.97. The van der Waals surface area contributed by atoms with E-state index >= 15 is 0 Å². The molecule has 1 aromatic carbocycles. The monoisotopic (exact) mass is 257 g/mol. The van der Waals surface area contributed by atoms with Crippen LogP contribution in [-0.4, -0.2) is 20.9 Å². The van der Waals surface area contributed by atoms with E-state index in [0.717, 1.165) is 11.8 Å². The number of fused-ring (bicyclic) bond motifs is 1. The number of benzene rings is 1. The summed E-state index contributed by atoms with van der Waals surface area (Å²) in [6.45, 7) is 0. The topological polar surface area (TPSA) is 47.3 Å². The van der Waals surface area contributed by atoms with Crippen LogP contribution in [0.15, 0.2) is 42.6 Å². The maximum Gasteiger partial charge on any atom is 0.182 e. The van der Waals surface area contributed by atoms with Gasteiger partial charge in [-0.2, -0.15) is 0 Å². The lowest BCUT2D eigenvalue weighted by Gasteiger charge is -1.94. The second-order valence-electron chi connectivity index (χ2n) is 3.83. The molecule has 2 aromatic heterocycles. The van der Waals surface area contributed by atoms with E-state index in [0.29, 0.717) is 22.1 Å². The van der Waals surface area contributed by atoms with Crippen molar-refractivity contribution in [1.82, 2.24) is 14.6 Å². The van der Waals surface area contributed by atoms with Gasteiger partial charge in [0.15, 0.2) is 11.5 Å². The van der Waals surface area contributed by atoms with E-state index in [1.54, 1.807) is 35.0 Å². The summed E-state index contributed by atoms with van der Waals surface area (Å²) >= 11 is 5.93. The molecule has 0 aliphatic rings. The molecular weight excluding hydrogens is 250 g/mol. The summed E-state index contributed by atoms with van der Waals surface area (Å²) in [6.07, 6.45) is 2.49. The third-order valence-electron chi connectivity index (χ3n) is 2.58. The first-order chi connectivity index (χ1) is 8.76. The van der Waals surface area contributed by atoms with E-state index in [2.05, 4.69) is 10.1 Å². The number of pyridine rings is 1. The number of hydrogen-bond acceptors (Lipinski definition) is 3. The Balaban J connectivity index is 2.16. The lowest BCUT2D eigenvalue weighted by molar-refractivity contribution is 0.112. The average Bonchev–Trinajstić information content (AvgIpc) is 2.81. The number of carbonyl (C=O) groups excluding carboxylic acids is 1. The summed E-state index contributed by atoms with van der Waals surface area (Å²) in [7, 11) is 0. The number of rotatable bonds is 2. The highest BCUT2D eigenvalue weighted by atomic mass is 35.5. The van der Waals surface area contributed by atoms with Crippen LogP contribution < -0.4 is 0 Å². The average molecular weight is 258 g/mol. The predicted octanol–water partition coefficient (Wildman–Crippen LogP) is 2.86. The number of nitrogens with zero attached hydrogens (tertiary/aromatic N) is 3. The van der Waals surface area contributed by atoms with Crippen LogP contribution in [0.1, 0.15) is 10.4 Å². The maximum atomic E-state index is 10.7. The van der Waals surface area contributed by atoms with Gasteiger partial charge < -0.3 is 0 Å². The second-order valence-corrected chi connectivity index (χ2v) is 4.26. The Bertz CT molecular complexity index is 736. The Morgan fingerprint density at radius 2 is 2.11 bits per heavy atom. The number of halogens is 1. The van der Waals surface area contributed by atoms with E-state index < -0.39 is 0 Å².